The SMILES string of the molecule is O=C(c1cccc(-c2n[nH]c(C3CCCCN3C(=O)COc3ccccc3)n2)c1)N1CCC(c2ccncc2)C1. The van der Waals surface area contributed by atoms with Gasteiger partial charge in [0.1, 0.15) is 11.6 Å². The zero-order valence-corrected chi connectivity index (χ0v) is 22.3. The van der Waals surface area contributed by atoms with Crippen LogP contribution in [0.5, 0.6) is 5.75 Å². The average Bonchev–Trinajstić information content (AvgIpc) is 3.72. The molecule has 2 aliphatic rings. The smallest absolute Gasteiger partial charge is 0.261 e. The van der Waals surface area contributed by atoms with Crippen LogP contribution in [0.25, 0.3) is 11.4 Å². The third kappa shape index (κ3) is 5.59. The molecule has 2 aromatic carbocycles. The molecule has 2 unspecified atom stereocenters. The van der Waals surface area contributed by atoms with Crippen LogP contribution in [0.15, 0.2) is 79.1 Å². The number of para-hydroxylation sites is 1. The Labute approximate surface area is 233 Å². The van der Waals surface area contributed by atoms with Gasteiger partial charge in [0.25, 0.3) is 11.8 Å². The van der Waals surface area contributed by atoms with E-state index in [2.05, 4.69) is 15.2 Å². The van der Waals surface area contributed by atoms with Crippen LogP contribution >= 0.6 is 0 Å². The summed E-state index contributed by atoms with van der Waals surface area (Å²) in [6.07, 6.45) is 7.29. The third-order valence-electron chi connectivity index (χ3n) is 7.77. The maximum absolute atomic E-state index is 13.4. The van der Waals surface area contributed by atoms with Gasteiger partial charge in [-0.15, -0.1) is 0 Å². The molecule has 0 bridgehead atoms. The minimum Gasteiger partial charge on any atom is -0.484 e. The Morgan fingerprint density at radius 2 is 1.80 bits per heavy atom. The number of pyridine rings is 1. The van der Waals surface area contributed by atoms with E-state index in [1.165, 1.54) is 5.56 Å². The molecule has 2 amide bonds. The van der Waals surface area contributed by atoms with E-state index < -0.39 is 0 Å². The molecule has 0 aliphatic carbocycles. The maximum atomic E-state index is 13.4. The molecule has 2 saturated heterocycles. The topological polar surface area (TPSA) is 104 Å². The zero-order valence-electron chi connectivity index (χ0n) is 22.3. The van der Waals surface area contributed by atoms with E-state index in [4.69, 9.17) is 9.72 Å². The van der Waals surface area contributed by atoms with Crippen LogP contribution in [0.1, 0.15) is 59.4 Å². The summed E-state index contributed by atoms with van der Waals surface area (Å²) in [4.78, 5) is 39.1. The summed E-state index contributed by atoms with van der Waals surface area (Å²) in [6, 6.07) is 20.7. The molecule has 2 fully saturated rings. The number of ether oxygens (including phenoxy) is 1. The van der Waals surface area contributed by atoms with Crippen LogP contribution in [0.3, 0.4) is 0 Å². The van der Waals surface area contributed by atoms with Gasteiger partial charge in [0.15, 0.2) is 12.4 Å². The summed E-state index contributed by atoms with van der Waals surface area (Å²) in [5.41, 5.74) is 2.60. The number of piperidine rings is 1. The number of carbonyl (C=O) groups is 2. The van der Waals surface area contributed by atoms with E-state index in [0.29, 0.717) is 42.0 Å². The van der Waals surface area contributed by atoms with Gasteiger partial charge in [-0.1, -0.05) is 30.3 Å². The molecule has 0 saturated carbocycles. The molecule has 204 valence electrons. The number of carbonyl (C=O) groups excluding carboxylic acids is 2. The summed E-state index contributed by atoms with van der Waals surface area (Å²) in [5.74, 6) is 2.09. The van der Waals surface area contributed by atoms with Crippen molar-refractivity contribution in [3.05, 3.63) is 96.1 Å². The number of nitrogens with zero attached hydrogens (tertiary/aromatic N) is 5. The summed E-state index contributed by atoms with van der Waals surface area (Å²) in [7, 11) is 0. The lowest BCUT2D eigenvalue weighted by Crippen LogP contribution is -2.41. The van der Waals surface area contributed by atoms with Gasteiger partial charge in [0.2, 0.25) is 0 Å². The number of rotatable bonds is 7. The fourth-order valence-electron chi connectivity index (χ4n) is 5.64. The lowest BCUT2D eigenvalue weighted by molar-refractivity contribution is -0.137. The largest absolute Gasteiger partial charge is 0.484 e. The number of aromatic amines is 1. The van der Waals surface area contributed by atoms with Gasteiger partial charge in [-0.05, 0) is 67.6 Å². The van der Waals surface area contributed by atoms with E-state index in [1.54, 1.807) is 12.4 Å². The fourth-order valence-corrected chi connectivity index (χ4v) is 5.64. The standard InChI is InChI=1S/C31H32N6O3/c38-28(21-40-26-9-2-1-3-10-26)37-17-5-4-11-27(37)30-33-29(34-35-30)23-7-6-8-24(19-23)31(39)36-18-14-25(20-36)22-12-15-32-16-13-22/h1-3,6-10,12-13,15-16,19,25,27H,4-5,11,14,17-18,20-21H2,(H,33,34,35). The molecular formula is C31H32N6O3. The van der Waals surface area contributed by atoms with Crippen LogP contribution in [0.2, 0.25) is 0 Å². The van der Waals surface area contributed by atoms with Crippen LogP contribution in [0.4, 0.5) is 0 Å². The Morgan fingerprint density at radius 3 is 2.65 bits per heavy atom. The lowest BCUT2D eigenvalue weighted by Gasteiger charge is -2.34. The number of benzene rings is 2. The molecule has 40 heavy (non-hydrogen) atoms. The normalized spacial score (nSPS) is 19.0. The van der Waals surface area contributed by atoms with E-state index in [9.17, 15) is 9.59 Å². The predicted molar refractivity (Wildman–Crippen MR) is 150 cm³/mol. The Kier molecular flexibility index (Phi) is 7.52. The number of hydrogen-bond acceptors (Lipinski definition) is 6. The first kappa shape index (κ1) is 25.7. The second kappa shape index (κ2) is 11.7. The molecule has 4 aromatic rings. The molecule has 9 nitrogen and oxygen atoms in total. The first-order chi connectivity index (χ1) is 19.7. The second-order valence-electron chi connectivity index (χ2n) is 10.3. The van der Waals surface area contributed by atoms with Crippen LogP contribution < -0.4 is 4.74 Å². The van der Waals surface area contributed by atoms with Crippen molar-refractivity contribution >= 4 is 11.8 Å². The van der Waals surface area contributed by atoms with Crippen molar-refractivity contribution in [1.82, 2.24) is 30.0 Å². The average molecular weight is 537 g/mol. The van der Waals surface area contributed by atoms with Gasteiger partial charge in [-0.3, -0.25) is 19.7 Å². The molecule has 0 radical (unpaired) electrons. The summed E-state index contributed by atoms with van der Waals surface area (Å²) >= 11 is 0. The summed E-state index contributed by atoms with van der Waals surface area (Å²) < 4.78 is 5.71. The fraction of sp³-hybridized carbons (Fsp3) is 0.323. The number of amides is 2. The number of H-pyrrole nitrogens is 1. The quantitative estimate of drug-likeness (QED) is 0.369. The van der Waals surface area contributed by atoms with Gasteiger partial charge in [0.05, 0.1) is 6.04 Å². The molecule has 2 atom stereocenters. The minimum absolute atomic E-state index is 0.0108. The van der Waals surface area contributed by atoms with Crippen molar-refractivity contribution in [2.45, 2.75) is 37.6 Å². The Balaban J connectivity index is 1.13. The summed E-state index contributed by atoms with van der Waals surface area (Å²) in [6.45, 7) is 2.04. The molecule has 1 N–H and O–H groups in total. The molecule has 9 heteroatoms. The van der Waals surface area contributed by atoms with Crippen molar-refractivity contribution in [3.8, 4) is 17.1 Å². The third-order valence-corrected chi connectivity index (χ3v) is 7.77. The molecule has 4 heterocycles. The van der Waals surface area contributed by atoms with Gasteiger partial charge in [-0.2, -0.15) is 5.10 Å². The van der Waals surface area contributed by atoms with Crippen LogP contribution in [-0.2, 0) is 4.79 Å². The second-order valence-corrected chi connectivity index (χ2v) is 10.3. The van der Waals surface area contributed by atoms with Gasteiger partial charge >= 0.3 is 0 Å². The first-order valence-electron chi connectivity index (χ1n) is 13.8. The van der Waals surface area contributed by atoms with Crippen molar-refractivity contribution < 1.29 is 14.3 Å². The highest BCUT2D eigenvalue weighted by molar-refractivity contribution is 5.95. The van der Waals surface area contributed by atoms with E-state index in [0.717, 1.165) is 37.8 Å². The zero-order chi connectivity index (χ0) is 27.3. The lowest BCUT2D eigenvalue weighted by atomic mass is 10.00. The summed E-state index contributed by atoms with van der Waals surface area (Å²) in [5, 5.41) is 7.53. The highest BCUT2D eigenvalue weighted by atomic mass is 16.5. The van der Waals surface area contributed by atoms with Crippen molar-refractivity contribution in [2.24, 2.45) is 0 Å². The van der Waals surface area contributed by atoms with Crippen molar-refractivity contribution in [2.75, 3.05) is 26.2 Å². The highest BCUT2D eigenvalue weighted by Crippen LogP contribution is 2.31. The van der Waals surface area contributed by atoms with Crippen LogP contribution in [-0.4, -0.2) is 68.0 Å². The van der Waals surface area contributed by atoms with E-state index in [-0.39, 0.29) is 24.5 Å². The van der Waals surface area contributed by atoms with Gasteiger partial charge < -0.3 is 14.5 Å². The molecular weight excluding hydrogens is 504 g/mol. The minimum atomic E-state index is -0.193. The van der Waals surface area contributed by atoms with Crippen molar-refractivity contribution in [3.63, 3.8) is 0 Å². The monoisotopic (exact) mass is 536 g/mol. The number of likely N-dealkylation sites (tertiary alicyclic amines) is 2. The van der Waals surface area contributed by atoms with Gasteiger partial charge in [0, 0.05) is 49.1 Å². The van der Waals surface area contributed by atoms with Crippen LogP contribution in [0, 0.1) is 0 Å². The van der Waals surface area contributed by atoms with E-state index >= 15 is 0 Å². The predicted octanol–water partition coefficient (Wildman–Crippen LogP) is 4.63. The molecule has 0 spiro atoms. The number of nitrogens with one attached hydrogen (secondary N) is 1. The molecule has 6 rings (SSSR count). The molecule has 2 aromatic heterocycles. The highest BCUT2D eigenvalue weighted by Gasteiger charge is 2.31. The van der Waals surface area contributed by atoms with E-state index in [1.807, 2.05) is 76.5 Å². The number of hydrogen-bond donors (Lipinski definition) is 1. The van der Waals surface area contributed by atoms with Crippen molar-refractivity contribution in [1.29, 1.82) is 0 Å². The Bertz CT molecular complexity index is 1460. The Hall–Kier alpha value is -4.53. The number of aromatic nitrogens is 4. The first-order valence-corrected chi connectivity index (χ1v) is 13.8. The Morgan fingerprint density at radius 1 is 0.950 bits per heavy atom. The van der Waals surface area contributed by atoms with Gasteiger partial charge in [-0.25, -0.2) is 4.98 Å². The molecule has 2 aliphatic heterocycles. The maximum Gasteiger partial charge on any atom is 0.261 e.